The van der Waals surface area contributed by atoms with Crippen LogP contribution in [-0.4, -0.2) is 36.3 Å². The van der Waals surface area contributed by atoms with Crippen molar-refractivity contribution in [3.8, 4) is 0 Å². The van der Waals surface area contributed by atoms with E-state index >= 15 is 0 Å². The fourth-order valence-electron chi connectivity index (χ4n) is 1.51. The molecular weight excluding hydrogens is 228 g/mol. The van der Waals surface area contributed by atoms with Gasteiger partial charge in [-0.25, -0.2) is 9.97 Å². The third-order valence-electron chi connectivity index (χ3n) is 2.48. The number of hydrogen-bond acceptors (Lipinski definition) is 5. The third-order valence-corrected chi connectivity index (χ3v) is 2.48. The Morgan fingerprint density at radius 1 is 1.22 bits per heavy atom. The van der Waals surface area contributed by atoms with Crippen LogP contribution in [0.25, 0.3) is 0 Å². The van der Waals surface area contributed by atoms with Gasteiger partial charge in [-0.15, -0.1) is 0 Å². The molecule has 0 amide bonds. The predicted molar refractivity (Wildman–Crippen MR) is 75.2 cm³/mol. The lowest BCUT2D eigenvalue weighted by molar-refractivity contribution is 0.141. The quantitative estimate of drug-likeness (QED) is 0.780. The molecule has 1 rings (SSSR count). The molecule has 0 aromatic carbocycles. The highest BCUT2D eigenvalue weighted by molar-refractivity contribution is 5.47. The Balaban J connectivity index is 2.77. The van der Waals surface area contributed by atoms with Crippen LogP contribution in [-0.2, 0) is 4.74 Å². The van der Waals surface area contributed by atoms with E-state index in [9.17, 15) is 0 Å². The predicted octanol–water partition coefficient (Wildman–Crippen LogP) is 2.48. The van der Waals surface area contributed by atoms with Crippen molar-refractivity contribution in [1.82, 2.24) is 9.97 Å². The average Bonchev–Trinajstić information content (AvgIpc) is 2.35. The van der Waals surface area contributed by atoms with Crippen LogP contribution < -0.4 is 10.6 Å². The van der Waals surface area contributed by atoms with E-state index in [1.165, 1.54) is 0 Å². The molecule has 5 nitrogen and oxygen atoms in total. The van der Waals surface area contributed by atoms with Gasteiger partial charge >= 0.3 is 0 Å². The third kappa shape index (κ3) is 4.49. The summed E-state index contributed by atoms with van der Waals surface area (Å²) in [7, 11) is 1.86. The Hall–Kier alpha value is -1.36. The average molecular weight is 252 g/mol. The summed E-state index contributed by atoms with van der Waals surface area (Å²) in [5, 5.41) is 6.39. The van der Waals surface area contributed by atoms with Crippen molar-refractivity contribution in [1.29, 1.82) is 0 Å². The molecule has 18 heavy (non-hydrogen) atoms. The number of nitrogens with zero attached hydrogens (tertiary/aromatic N) is 2. The van der Waals surface area contributed by atoms with Gasteiger partial charge in [0.15, 0.2) is 0 Å². The van der Waals surface area contributed by atoms with Gasteiger partial charge in [0.1, 0.15) is 17.5 Å². The van der Waals surface area contributed by atoms with Crippen LogP contribution in [0.3, 0.4) is 0 Å². The smallest absolute Gasteiger partial charge is 0.135 e. The summed E-state index contributed by atoms with van der Waals surface area (Å²) < 4.78 is 5.38. The summed E-state index contributed by atoms with van der Waals surface area (Å²) in [5.41, 5.74) is 0. The molecular formula is C13H24N4O. The van der Waals surface area contributed by atoms with Crippen molar-refractivity contribution in [2.45, 2.75) is 39.7 Å². The number of rotatable bonds is 7. The van der Waals surface area contributed by atoms with Gasteiger partial charge in [0, 0.05) is 31.7 Å². The second-order valence-corrected chi connectivity index (χ2v) is 4.61. The minimum atomic E-state index is 0.226. The van der Waals surface area contributed by atoms with Gasteiger partial charge in [0.05, 0.1) is 6.61 Å². The number of ether oxygens (including phenoxy) is 1. The molecule has 0 aliphatic heterocycles. The van der Waals surface area contributed by atoms with Crippen LogP contribution in [0, 0.1) is 0 Å². The van der Waals surface area contributed by atoms with Gasteiger partial charge in [-0.05, 0) is 13.8 Å². The minimum Gasteiger partial charge on any atom is -0.380 e. The maximum atomic E-state index is 5.38. The molecule has 0 saturated carbocycles. The van der Waals surface area contributed by atoms with Crippen LogP contribution in [0.5, 0.6) is 0 Å². The monoisotopic (exact) mass is 252 g/mol. The number of hydrogen-bond donors (Lipinski definition) is 2. The van der Waals surface area contributed by atoms with Crippen molar-refractivity contribution in [2.24, 2.45) is 0 Å². The molecule has 0 bridgehead atoms. The molecule has 1 aromatic rings. The highest BCUT2D eigenvalue weighted by atomic mass is 16.5. The summed E-state index contributed by atoms with van der Waals surface area (Å²) in [6.45, 7) is 9.64. The molecule has 1 unspecified atom stereocenters. The number of nitrogens with one attached hydrogen (secondary N) is 2. The van der Waals surface area contributed by atoms with Gasteiger partial charge in [0.25, 0.3) is 0 Å². The van der Waals surface area contributed by atoms with Crippen molar-refractivity contribution in [3.05, 3.63) is 11.9 Å². The van der Waals surface area contributed by atoms with Crippen molar-refractivity contribution in [2.75, 3.05) is 30.9 Å². The lowest BCUT2D eigenvalue weighted by Gasteiger charge is -2.16. The van der Waals surface area contributed by atoms with Crippen molar-refractivity contribution in [3.63, 3.8) is 0 Å². The first-order valence-corrected chi connectivity index (χ1v) is 6.47. The van der Waals surface area contributed by atoms with Crippen LogP contribution in [0.15, 0.2) is 6.07 Å². The van der Waals surface area contributed by atoms with Crippen molar-refractivity contribution >= 4 is 11.6 Å². The van der Waals surface area contributed by atoms with Gasteiger partial charge in [0.2, 0.25) is 0 Å². The maximum Gasteiger partial charge on any atom is 0.135 e. The molecule has 2 N–H and O–H groups in total. The summed E-state index contributed by atoms with van der Waals surface area (Å²) in [6.07, 6.45) is 0. The number of aromatic nitrogens is 2. The Morgan fingerprint density at radius 3 is 2.44 bits per heavy atom. The zero-order valence-corrected chi connectivity index (χ0v) is 11.9. The van der Waals surface area contributed by atoms with Gasteiger partial charge < -0.3 is 15.4 Å². The molecule has 0 aliphatic carbocycles. The lowest BCUT2D eigenvalue weighted by Crippen LogP contribution is -2.23. The van der Waals surface area contributed by atoms with Crippen LogP contribution in [0.1, 0.15) is 39.4 Å². The van der Waals surface area contributed by atoms with E-state index in [-0.39, 0.29) is 6.04 Å². The first kappa shape index (κ1) is 14.7. The molecule has 5 heteroatoms. The zero-order chi connectivity index (χ0) is 13.5. The molecule has 0 radical (unpaired) electrons. The van der Waals surface area contributed by atoms with Crippen LogP contribution >= 0.6 is 0 Å². The Kier molecular flexibility index (Phi) is 5.85. The molecule has 0 saturated heterocycles. The Bertz CT molecular complexity index is 368. The standard InChI is InChI=1S/C13H24N4O/c1-6-18-8-10(4)15-12-7-11(14-5)16-13(17-12)9(2)3/h7,9-10H,6,8H2,1-5H3,(H2,14,15,16,17). The van der Waals surface area contributed by atoms with E-state index < -0.39 is 0 Å². The lowest BCUT2D eigenvalue weighted by atomic mass is 10.2. The molecule has 1 atom stereocenters. The normalized spacial score (nSPS) is 12.6. The Morgan fingerprint density at radius 2 is 1.89 bits per heavy atom. The van der Waals surface area contributed by atoms with Crippen LogP contribution in [0.4, 0.5) is 11.6 Å². The maximum absolute atomic E-state index is 5.38. The van der Waals surface area contributed by atoms with E-state index in [4.69, 9.17) is 4.74 Å². The first-order valence-electron chi connectivity index (χ1n) is 6.47. The first-order chi connectivity index (χ1) is 8.56. The minimum absolute atomic E-state index is 0.226. The molecule has 0 spiro atoms. The second kappa shape index (κ2) is 7.16. The molecule has 1 heterocycles. The molecule has 0 fully saturated rings. The molecule has 0 aliphatic rings. The molecule has 102 valence electrons. The topological polar surface area (TPSA) is 59.1 Å². The highest BCUT2D eigenvalue weighted by Gasteiger charge is 2.09. The van der Waals surface area contributed by atoms with Crippen LogP contribution in [0.2, 0.25) is 0 Å². The van der Waals surface area contributed by atoms with E-state index in [0.29, 0.717) is 12.5 Å². The van der Waals surface area contributed by atoms with Gasteiger partial charge in [-0.3, -0.25) is 0 Å². The highest BCUT2D eigenvalue weighted by Crippen LogP contribution is 2.17. The SMILES string of the molecule is CCOCC(C)Nc1cc(NC)nc(C(C)C)n1. The van der Waals surface area contributed by atoms with E-state index in [1.807, 2.05) is 20.0 Å². The van der Waals surface area contributed by atoms with Gasteiger partial charge in [-0.2, -0.15) is 0 Å². The Labute approximate surface area is 109 Å². The summed E-state index contributed by atoms with van der Waals surface area (Å²) in [5.74, 6) is 2.82. The fourth-order valence-corrected chi connectivity index (χ4v) is 1.51. The fraction of sp³-hybridized carbons (Fsp3) is 0.692. The zero-order valence-electron chi connectivity index (χ0n) is 11.9. The largest absolute Gasteiger partial charge is 0.380 e. The van der Waals surface area contributed by atoms with E-state index in [0.717, 1.165) is 24.1 Å². The summed E-state index contributed by atoms with van der Waals surface area (Å²) >= 11 is 0. The van der Waals surface area contributed by atoms with E-state index in [1.54, 1.807) is 0 Å². The summed E-state index contributed by atoms with van der Waals surface area (Å²) in [6, 6.07) is 2.14. The van der Waals surface area contributed by atoms with Crippen molar-refractivity contribution < 1.29 is 4.74 Å². The van der Waals surface area contributed by atoms with E-state index in [2.05, 4.69) is 41.4 Å². The second-order valence-electron chi connectivity index (χ2n) is 4.61. The number of anilines is 2. The summed E-state index contributed by atoms with van der Waals surface area (Å²) in [4.78, 5) is 8.94. The molecule has 1 aromatic heterocycles. The van der Waals surface area contributed by atoms with Gasteiger partial charge in [-0.1, -0.05) is 13.8 Å².